The van der Waals surface area contributed by atoms with Crippen molar-refractivity contribution < 1.29 is 23.8 Å². The summed E-state index contributed by atoms with van der Waals surface area (Å²) in [6.07, 6.45) is -0.182. The van der Waals surface area contributed by atoms with Crippen LogP contribution < -0.4 is 0 Å². The molecule has 0 radical (unpaired) electrons. The molecule has 0 aromatic carbocycles. The van der Waals surface area contributed by atoms with Gasteiger partial charge in [0.15, 0.2) is 5.92 Å². The van der Waals surface area contributed by atoms with Crippen LogP contribution in [-0.4, -0.2) is 36.9 Å². The molecule has 0 fully saturated rings. The Balaban J connectivity index is 4.53. The number of carbonyl (C=O) groups excluding carboxylic acids is 2. The van der Waals surface area contributed by atoms with E-state index in [-0.39, 0.29) is 24.7 Å². The van der Waals surface area contributed by atoms with Gasteiger partial charge in [-0.3, -0.25) is 9.59 Å². The van der Waals surface area contributed by atoms with Crippen molar-refractivity contribution >= 4 is 11.9 Å². The number of carbonyl (C=O) groups is 2. The second kappa shape index (κ2) is 8.91. The van der Waals surface area contributed by atoms with Gasteiger partial charge in [0.05, 0.1) is 18.3 Å². The number of rotatable bonds is 8. The molecule has 0 rings (SSSR count). The first-order valence-electron chi connectivity index (χ1n) is 6.76. The van der Waals surface area contributed by atoms with E-state index in [4.69, 9.17) is 14.2 Å². The average Bonchev–Trinajstić information content (AvgIpc) is 2.21. The van der Waals surface area contributed by atoms with E-state index in [1.807, 2.05) is 13.8 Å². The molecule has 19 heavy (non-hydrogen) atoms. The van der Waals surface area contributed by atoms with Crippen LogP contribution in [0.15, 0.2) is 0 Å². The third-order valence-corrected chi connectivity index (χ3v) is 2.13. The second-order valence-electron chi connectivity index (χ2n) is 5.23. The van der Waals surface area contributed by atoms with Crippen molar-refractivity contribution in [2.45, 2.75) is 66.3 Å². The smallest absolute Gasteiger partial charge is 0.320 e. The highest BCUT2D eigenvalue weighted by Crippen LogP contribution is 2.12. The van der Waals surface area contributed by atoms with E-state index in [1.165, 1.54) is 0 Å². The monoisotopic (exact) mass is 274 g/mol. The third-order valence-electron chi connectivity index (χ3n) is 2.13. The molecule has 0 N–H and O–H groups in total. The molecule has 0 atom stereocenters. The van der Waals surface area contributed by atoms with Crippen molar-refractivity contribution in [2.24, 2.45) is 5.92 Å². The van der Waals surface area contributed by atoms with E-state index in [1.54, 1.807) is 27.7 Å². The fourth-order valence-electron chi connectivity index (χ4n) is 1.38. The van der Waals surface area contributed by atoms with E-state index in [9.17, 15) is 9.59 Å². The van der Waals surface area contributed by atoms with Crippen LogP contribution >= 0.6 is 0 Å². The van der Waals surface area contributed by atoms with Crippen molar-refractivity contribution in [3.05, 3.63) is 0 Å². The highest BCUT2D eigenvalue weighted by molar-refractivity contribution is 5.95. The van der Waals surface area contributed by atoms with Gasteiger partial charge in [0.2, 0.25) is 0 Å². The first kappa shape index (κ1) is 17.9. The predicted octanol–water partition coefficient (Wildman–Crippen LogP) is 2.32. The third kappa shape index (κ3) is 8.59. The van der Waals surface area contributed by atoms with E-state index in [0.717, 1.165) is 0 Å². The Morgan fingerprint density at radius 2 is 1.21 bits per heavy atom. The molecule has 0 aromatic rings. The number of ether oxygens (including phenoxy) is 3. The molecular formula is C14H26O5. The lowest BCUT2D eigenvalue weighted by Gasteiger charge is -2.18. The second-order valence-corrected chi connectivity index (χ2v) is 5.23. The Morgan fingerprint density at radius 3 is 1.53 bits per heavy atom. The summed E-state index contributed by atoms with van der Waals surface area (Å²) in [5, 5.41) is 0. The lowest BCUT2D eigenvalue weighted by atomic mass is 10.1. The Kier molecular flexibility index (Phi) is 8.39. The van der Waals surface area contributed by atoms with E-state index in [0.29, 0.717) is 6.61 Å². The summed E-state index contributed by atoms with van der Waals surface area (Å²) in [6, 6.07) is 0. The quantitative estimate of drug-likeness (QED) is 0.502. The van der Waals surface area contributed by atoms with Crippen LogP contribution in [-0.2, 0) is 23.8 Å². The van der Waals surface area contributed by atoms with Gasteiger partial charge in [-0.1, -0.05) is 0 Å². The van der Waals surface area contributed by atoms with Gasteiger partial charge in [-0.15, -0.1) is 0 Å². The molecule has 0 amide bonds. The maximum atomic E-state index is 11.9. The average molecular weight is 274 g/mol. The van der Waals surface area contributed by atoms with Crippen molar-refractivity contribution in [1.82, 2.24) is 0 Å². The summed E-state index contributed by atoms with van der Waals surface area (Å²) in [7, 11) is 0. The Hall–Kier alpha value is -1.10. The maximum absolute atomic E-state index is 11.9. The molecule has 0 bridgehead atoms. The van der Waals surface area contributed by atoms with Gasteiger partial charge in [0, 0.05) is 6.61 Å². The summed E-state index contributed by atoms with van der Waals surface area (Å²) in [4.78, 5) is 23.7. The molecule has 0 saturated carbocycles. The normalized spacial score (nSPS) is 11.5. The van der Waals surface area contributed by atoms with Crippen LogP contribution in [0.2, 0.25) is 0 Å². The van der Waals surface area contributed by atoms with Crippen LogP contribution in [0.4, 0.5) is 0 Å². The molecule has 0 aliphatic rings. The molecule has 0 spiro atoms. The molecule has 0 heterocycles. The van der Waals surface area contributed by atoms with Gasteiger partial charge in [-0.25, -0.2) is 0 Å². The van der Waals surface area contributed by atoms with E-state index >= 15 is 0 Å². The van der Waals surface area contributed by atoms with Crippen LogP contribution in [0.5, 0.6) is 0 Å². The van der Waals surface area contributed by atoms with Crippen molar-refractivity contribution in [3.8, 4) is 0 Å². The molecule has 0 saturated heterocycles. The fraction of sp³-hybridized carbons (Fsp3) is 0.857. The molecule has 0 aliphatic carbocycles. The predicted molar refractivity (Wildman–Crippen MR) is 71.7 cm³/mol. The molecule has 0 aromatic heterocycles. The summed E-state index contributed by atoms with van der Waals surface area (Å²) in [5.41, 5.74) is 0. The highest BCUT2D eigenvalue weighted by Gasteiger charge is 2.30. The lowest BCUT2D eigenvalue weighted by molar-refractivity contribution is -0.167. The van der Waals surface area contributed by atoms with Gasteiger partial charge in [0.1, 0.15) is 0 Å². The molecule has 0 aliphatic heterocycles. The van der Waals surface area contributed by atoms with Gasteiger partial charge in [0.25, 0.3) is 0 Å². The number of hydrogen-bond acceptors (Lipinski definition) is 5. The first-order valence-corrected chi connectivity index (χ1v) is 6.76. The van der Waals surface area contributed by atoms with Crippen LogP contribution in [0.25, 0.3) is 0 Å². The zero-order valence-electron chi connectivity index (χ0n) is 12.8. The van der Waals surface area contributed by atoms with E-state index < -0.39 is 17.9 Å². The number of hydrogen-bond donors (Lipinski definition) is 0. The van der Waals surface area contributed by atoms with Crippen LogP contribution in [0.1, 0.15) is 48.0 Å². The van der Waals surface area contributed by atoms with Gasteiger partial charge in [-0.05, 0) is 48.0 Å². The maximum Gasteiger partial charge on any atom is 0.320 e. The van der Waals surface area contributed by atoms with Gasteiger partial charge in [-0.2, -0.15) is 0 Å². The highest BCUT2D eigenvalue weighted by atomic mass is 16.6. The fourth-order valence-corrected chi connectivity index (χ4v) is 1.38. The minimum atomic E-state index is -0.913. The summed E-state index contributed by atoms with van der Waals surface area (Å²) in [6.45, 7) is 11.1. The van der Waals surface area contributed by atoms with Gasteiger partial charge < -0.3 is 14.2 Å². The van der Waals surface area contributed by atoms with Gasteiger partial charge >= 0.3 is 11.9 Å². The first-order chi connectivity index (χ1) is 8.73. The Bertz CT molecular complexity index is 262. The van der Waals surface area contributed by atoms with Crippen LogP contribution in [0.3, 0.4) is 0 Å². The Morgan fingerprint density at radius 1 is 0.789 bits per heavy atom. The SMILES string of the molecule is CC(C)OCCC(C(=O)OC(C)C)C(=O)OC(C)C. The minimum absolute atomic E-state index is 0.0582. The van der Waals surface area contributed by atoms with Crippen molar-refractivity contribution in [3.63, 3.8) is 0 Å². The molecule has 0 unspecified atom stereocenters. The zero-order valence-corrected chi connectivity index (χ0v) is 12.8. The molecule has 5 nitrogen and oxygen atoms in total. The summed E-state index contributed by atoms with van der Waals surface area (Å²) >= 11 is 0. The summed E-state index contributed by atoms with van der Waals surface area (Å²) in [5.74, 6) is -2.01. The topological polar surface area (TPSA) is 61.8 Å². The standard InChI is InChI=1S/C14H26O5/c1-9(2)17-8-7-12(13(15)18-10(3)4)14(16)19-11(5)6/h9-12H,7-8H2,1-6H3. The molecular weight excluding hydrogens is 248 g/mol. The van der Waals surface area contributed by atoms with Crippen molar-refractivity contribution in [2.75, 3.05) is 6.61 Å². The Labute approximate surface area is 115 Å². The van der Waals surface area contributed by atoms with Crippen LogP contribution in [0, 0.1) is 5.92 Å². The number of esters is 2. The minimum Gasteiger partial charge on any atom is -0.462 e. The molecule has 112 valence electrons. The molecule has 5 heteroatoms. The summed E-state index contributed by atoms with van der Waals surface area (Å²) < 4.78 is 15.5. The zero-order chi connectivity index (χ0) is 15.0. The van der Waals surface area contributed by atoms with Crippen molar-refractivity contribution in [1.29, 1.82) is 0 Å². The largest absolute Gasteiger partial charge is 0.462 e. The van der Waals surface area contributed by atoms with E-state index in [2.05, 4.69) is 0 Å². The lowest BCUT2D eigenvalue weighted by Crippen LogP contribution is -2.32.